The molecule has 0 spiro atoms. The van der Waals surface area contributed by atoms with Crippen LogP contribution in [0.2, 0.25) is 0 Å². The third-order valence-corrected chi connectivity index (χ3v) is 38.0. The van der Waals surface area contributed by atoms with Gasteiger partial charge in [-0.1, -0.05) is 0 Å². The third-order valence-electron chi connectivity index (χ3n) is 15.4. The molecular formula is C58H63Cl2SiZr. The molecule has 0 nitrogen and oxygen atoms in total. The minimum atomic E-state index is -5.78. The SMILES string of the molecule is CCC(C)C1=Cc2c(ccc(C(C)C)c2-c2ccccc2C)[CH]1[Zr]([Cl])([Cl])([c]1cccc2c1[SiH2]c1ccccc1-2)[CH]1C(C(C)CC)=Cc2c1ccc(C(C)C)c2-c1ccccc1C. The number of halogens is 2. The maximum absolute atomic E-state index is 9.59. The summed E-state index contributed by atoms with van der Waals surface area (Å²) >= 11 is -5.78. The van der Waals surface area contributed by atoms with Crippen molar-refractivity contribution in [1.82, 2.24) is 0 Å². The van der Waals surface area contributed by atoms with Gasteiger partial charge in [0.15, 0.2) is 0 Å². The zero-order chi connectivity index (χ0) is 43.9. The average molecular weight is 950 g/mol. The molecule has 0 radical (unpaired) electrons. The number of benzene rings is 6. The molecular weight excluding hydrogens is 887 g/mol. The van der Waals surface area contributed by atoms with E-state index < -0.39 is 25.9 Å². The van der Waals surface area contributed by atoms with Crippen molar-refractivity contribution in [3.63, 3.8) is 0 Å². The Balaban J connectivity index is 1.44. The molecule has 4 atom stereocenters. The van der Waals surface area contributed by atoms with Crippen molar-refractivity contribution >= 4 is 52.3 Å². The molecule has 0 saturated heterocycles. The summed E-state index contributed by atoms with van der Waals surface area (Å²) in [5.74, 6) is 1.28. The summed E-state index contributed by atoms with van der Waals surface area (Å²) in [5.41, 5.74) is 21.6. The molecule has 1 aliphatic heterocycles. The molecule has 4 unspecified atom stereocenters. The minimum absolute atomic E-state index is 0.118. The average Bonchev–Trinajstić information content (AvgIpc) is 3.98. The Hall–Kier alpha value is -3.52. The second kappa shape index (κ2) is 16.5. The van der Waals surface area contributed by atoms with Gasteiger partial charge in [-0.25, -0.2) is 0 Å². The van der Waals surface area contributed by atoms with Gasteiger partial charge in [-0.05, 0) is 0 Å². The molecule has 62 heavy (non-hydrogen) atoms. The second-order valence-corrected chi connectivity index (χ2v) is 42.0. The van der Waals surface area contributed by atoms with E-state index in [4.69, 9.17) is 0 Å². The zero-order valence-corrected chi connectivity index (χ0v) is 43.8. The van der Waals surface area contributed by atoms with Gasteiger partial charge in [-0.3, -0.25) is 0 Å². The van der Waals surface area contributed by atoms with Gasteiger partial charge in [-0.2, -0.15) is 0 Å². The van der Waals surface area contributed by atoms with Crippen LogP contribution in [0.5, 0.6) is 0 Å². The first-order valence-electron chi connectivity index (χ1n) is 23.4. The zero-order valence-electron chi connectivity index (χ0n) is 38.5. The summed E-state index contributed by atoms with van der Waals surface area (Å²) in [7, 11) is 18.3. The van der Waals surface area contributed by atoms with Gasteiger partial charge < -0.3 is 0 Å². The summed E-state index contributed by atoms with van der Waals surface area (Å²) in [6, 6.07) is 44.0. The normalized spacial score (nSPS) is 18.5. The molecule has 0 N–H and O–H groups in total. The molecule has 3 aliphatic rings. The van der Waals surface area contributed by atoms with Crippen LogP contribution in [0.3, 0.4) is 0 Å². The molecule has 0 saturated carbocycles. The molecule has 0 fully saturated rings. The van der Waals surface area contributed by atoms with Gasteiger partial charge in [0.1, 0.15) is 0 Å². The fourth-order valence-electron chi connectivity index (χ4n) is 11.8. The Morgan fingerprint density at radius 3 is 1.40 bits per heavy atom. The van der Waals surface area contributed by atoms with E-state index in [1.807, 2.05) is 0 Å². The number of rotatable bonds is 11. The number of hydrogen-bond acceptors (Lipinski definition) is 0. The van der Waals surface area contributed by atoms with E-state index in [0.717, 1.165) is 12.8 Å². The van der Waals surface area contributed by atoms with Crippen LogP contribution in [-0.4, -0.2) is 9.52 Å². The van der Waals surface area contributed by atoms with Crippen LogP contribution in [0.1, 0.15) is 132 Å². The van der Waals surface area contributed by atoms with Crippen molar-refractivity contribution in [3.05, 3.63) is 171 Å². The van der Waals surface area contributed by atoms with Crippen LogP contribution < -0.4 is 13.6 Å². The fraction of sp³-hybridized carbons (Fsp3) is 0.310. The molecule has 0 bridgehead atoms. The standard InChI is InChI=1S/2C23H27.C12H9Si.2ClH.Zr/c2*1-6-16(4)19-13-18-11-12-20(15(2)3)23(22(18)14-19)21-10-8-7-9-17(21)5;1-3-7-11-9(5-1)10-6-2-4-8-12(10)13-11;;;/h2*7-16H,6H2,1-5H3;1-7H,13H2;2*1H;/q;;;;;+2/p-2. The first-order chi connectivity index (χ1) is 29.7. The van der Waals surface area contributed by atoms with Gasteiger partial charge in [-0.15, -0.1) is 0 Å². The molecule has 0 aromatic heterocycles. The van der Waals surface area contributed by atoms with E-state index in [9.17, 15) is 17.0 Å². The van der Waals surface area contributed by atoms with E-state index in [2.05, 4.69) is 197 Å². The van der Waals surface area contributed by atoms with E-state index in [-0.39, 0.29) is 7.25 Å². The molecule has 0 amide bonds. The Morgan fingerprint density at radius 2 is 0.952 bits per heavy atom. The predicted octanol–water partition coefficient (Wildman–Crippen LogP) is 15.0. The molecule has 4 heteroatoms. The molecule has 6 aromatic carbocycles. The second-order valence-electron chi connectivity index (χ2n) is 19.6. The predicted molar refractivity (Wildman–Crippen MR) is 273 cm³/mol. The molecule has 2 aliphatic carbocycles. The van der Waals surface area contributed by atoms with Crippen LogP contribution >= 0.6 is 17.0 Å². The van der Waals surface area contributed by atoms with Gasteiger partial charge >= 0.3 is 386 Å². The van der Waals surface area contributed by atoms with Crippen LogP contribution in [0.15, 0.2) is 126 Å². The Bertz CT molecular complexity index is 2680. The Morgan fingerprint density at radius 1 is 0.516 bits per heavy atom. The number of hydrogen-bond donors (Lipinski definition) is 0. The van der Waals surface area contributed by atoms with Crippen molar-refractivity contribution in [2.75, 3.05) is 0 Å². The Labute approximate surface area is 383 Å². The summed E-state index contributed by atoms with van der Waals surface area (Å²) in [4.78, 5) is 0. The topological polar surface area (TPSA) is 0 Å². The van der Waals surface area contributed by atoms with Crippen LogP contribution in [0.25, 0.3) is 45.5 Å². The summed E-state index contributed by atoms with van der Waals surface area (Å²) < 4.78 is 1.08. The van der Waals surface area contributed by atoms with E-state index in [1.165, 1.54) is 103 Å². The van der Waals surface area contributed by atoms with Crippen molar-refractivity contribution in [1.29, 1.82) is 0 Å². The maximum atomic E-state index is 9.59. The Kier molecular flexibility index (Phi) is 11.6. The van der Waals surface area contributed by atoms with E-state index >= 15 is 0 Å². The van der Waals surface area contributed by atoms with Gasteiger partial charge in [0.25, 0.3) is 0 Å². The van der Waals surface area contributed by atoms with Crippen molar-refractivity contribution in [2.24, 2.45) is 11.8 Å². The van der Waals surface area contributed by atoms with E-state index in [1.54, 1.807) is 0 Å². The van der Waals surface area contributed by atoms with Crippen molar-refractivity contribution in [2.45, 2.75) is 101 Å². The monoisotopic (exact) mass is 947 g/mol. The van der Waals surface area contributed by atoms with E-state index in [0.29, 0.717) is 23.7 Å². The fourth-order valence-corrected chi connectivity index (χ4v) is 39.8. The summed E-state index contributed by atoms with van der Waals surface area (Å²) in [5, 5.41) is 2.98. The van der Waals surface area contributed by atoms with Crippen LogP contribution in [0.4, 0.5) is 0 Å². The number of aryl methyl sites for hydroxylation is 2. The summed E-state index contributed by atoms with van der Waals surface area (Å²) in [6.45, 7) is 23.5. The van der Waals surface area contributed by atoms with Crippen LogP contribution in [-0.2, 0) is 16.4 Å². The first-order valence-corrected chi connectivity index (χ1v) is 35.2. The quantitative estimate of drug-likeness (QED) is 0.113. The van der Waals surface area contributed by atoms with Crippen molar-refractivity contribution < 1.29 is 16.4 Å². The third kappa shape index (κ3) is 6.67. The van der Waals surface area contributed by atoms with Gasteiger partial charge in [0.2, 0.25) is 0 Å². The molecule has 6 aromatic rings. The van der Waals surface area contributed by atoms with Crippen LogP contribution in [0, 0.1) is 25.7 Å². The van der Waals surface area contributed by atoms with Gasteiger partial charge in [0, 0.05) is 0 Å². The summed E-state index contributed by atoms with van der Waals surface area (Å²) in [6.07, 6.45) is 7.23. The molecule has 9 rings (SSSR count). The first kappa shape index (κ1) is 43.7. The number of fused-ring (bicyclic) bond motifs is 5. The van der Waals surface area contributed by atoms with Crippen molar-refractivity contribution in [3.8, 4) is 33.4 Å². The molecule has 317 valence electrons. The molecule has 1 heterocycles. The number of allylic oxidation sites excluding steroid dienone is 2. The van der Waals surface area contributed by atoms with Gasteiger partial charge in [0.05, 0.1) is 0 Å².